The Balaban J connectivity index is 5.68. The van der Waals surface area contributed by atoms with Crippen molar-refractivity contribution in [3.05, 3.63) is 0 Å². The molecule has 0 aromatic carbocycles. The molecule has 134 valence electrons. The molecule has 1 unspecified atom stereocenters. The second-order valence-electron chi connectivity index (χ2n) is 10.1. The van der Waals surface area contributed by atoms with Gasteiger partial charge in [0.2, 0.25) is 0 Å². The van der Waals surface area contributed by atoms with Gasteiger partial charge in [-0.1, -0.05) is 94.9 Å². The molecule has 0 fully saturated rings. The molecule has 0 aromatic heterocycles. The van der Waals surface area contributed by atoms with Crippen LogP contribution in [0.2, 0.25) is 0 Å². The van der Waals surface area contributed by atoms with E-state index < -0.39 is 0 Å². The van der Waals surface area contributed by atoms with Crippen LogP contribution in [0.15, 0.2) is 0 Å². The summed E-state index contributed by atoms with van der Waals surface area (Å²) >= 11 is 0. The molecule has 0 rings (SSSR count). The van der Waals surface area contributed by atoms with Crippen molar-refractivity contribution in [3.63, 3.8) is 0 Å². The monoisotopic (exact) mass is 310 g/mol. The molecule has 0 saturated carbocycles. The van der Waals surface area contributed by atoms with E-state index in [2.05, 4.69) is 69.2 Å². The fourth-order valence-electron chi connectivity index (χ4n) is 4.20. The first-order valence-corrected chi connectivity index (χ1v) is 9.93. The summed E-state index contributed by atoms with van der Waals surface area (Å²) in [5.74, 6) is 1.70. The lowest BCUT2D eigenvalue weighted by Gasteiger charge is -2.52. The maximum Gasteiger partial charge on any atom is -0.0239 e. The SMILES string of the molecule is CCC(CC)CC(CCC(C)C)(CC(C)(C)C)C(C)(C)CC. The van der Waals surface area contributed by atoms with Crippen LogP contribution in [0.25, 0.3) is 0 Å². The molecule has 22 heavy (non-hydrogen) atoms. The van der Waals surface area contributed by atoms with Gasteiger partial charge in [-0.3, -0.25) is 0 Å². The molecule has 0 amide bonds. The highest BCUT2D eigenvalue weighted by molar-refractivity contribution is 4.96. The molecule has 0 nitrogen and oxygen atoms in total. The van der Waals surface area contributed by atoms with Crippen molar-refractivity contribution in [3.8, 4) is 0 Å². The van der Waals surface area contributed by atoms with Crippen molar-refractivity contribution in [2.24, 2.45) is 28.1 Å². The van der Waals surface area contributed by atoms with E-state index in [1.54, 1.807) is 0 Å². The van der Waals surface area contributed by atoms with Crippen LogP contribution in [-0.4, -0.2) is 0 Å². The molecule has 0 saturated heterocycles. The van der Waals surface area contributed by atoms with Crippen molar-refractivity contribution < 1.29 is 0 Å². The Labute approximate surface area is 142 Å². The topological polar surface area (TPSA) is 0 Å². The summed E-state index contributed by atoms with van der Waals surface area (Å²) in [4.78, 5) is 0. The van der Waals surface area contributed by atoms with Crippen molar-refractivity contribution in [1.29, 1.82) is 0 Å². The molecule has 0 aliphatic rings. The van der Waals surface area contributed by atoms with Crippen molar-refractivity contribution in [1.82, 2.24) is 0 Å². The van der Waals surface area contributed by atoms with Gasteiger partial charge in [-0.15, -0.1) is 0 Å². The highest BCUT2D eigenvalue weighted by Gasteiger charge is 2.46. The van der Waals surface area contributed by atoms with Gasteiger partial charge in [0.15, 0.2) is 0 Å². The van der Waals surface area contributed by atoms with Gasteiger partial charge in [-0.2, -0.15) is 0 Å². The summed E-state index contributed by atoms with van der Waals surface area (Å²) in [5.41, 5.74) is 1.33. The summed E-state index contributed by atoms with van der Waals surface area (Å²) in [6.07, 6.45) is 9.53. The highest BCUT2D eigenvalue weighted by Crippen LogP contribution is 2.56. The molecule has 0 spiro atoms. The average molecular weight is 311 g/mol. The molecular formula is C22H46. The van der Waals surface area contributed by atoms with E-state index in [1.807, 2.05) is 0 Å². The van der Waals surface area contributed by atoms with E-state index in [4.69, 9.17) is 0 Å². The normalized spacial score (nSPS) is 16.4. The summed E-state index contributed by atoms with van der Waals surface area (Å²) in [5, 5.41) is 0. The Morgan fingerprint density at radius 3 is 1.64 bits per heavy atom. The number of rotatable bonds is 10. The van der Waals surface area contributed by atoms with Crippen molar-refractivity contribution >= 4 is 0 Å². The van der Waals surface area contributed by atoms with Crippen LogP contribution in [-0.2, 0) is 0 Å². The lowest BCUT2D eigenvalue weighted by molar-refractivity contribution is -0.0188. The van der Waals surface area contributed by atoms with Gasteiger partial charge in [0.1, 0.15) is 0 Å². The second-order valence-corrected chi connectivity index (χ2v) is 10.1. The molecule has 0 aliphatic carbocycles. The highest BCUT2D eigenvalue weighted by atomic mass is 14.5. The van der Waals surface area contributed by atoms with Crippen LogP contribution in [0.4, 0.5) is 0 Å². The first-order valence-electron chi connectivity index (χ1n) is 9.93. The maximum atomic E-state index is 2.54. The Morgan fingerprint density at radius 1 is 0.818 bits per heavy atom. The molecule has 0 heterocycles. The number of hydrogen-bond donors (Lipinski definition) is 0. The lowest BCUT2D eigenvalue weighted by atomic mass is 9.53. The first-order chi connectivity index (χ1) is 9.93. The van der Waals surface area contributed by atoms with Gasteiger partial charge in [0.05, 0.1) is 0 Å². The predicted molar refractivity (Wildman–Crippen MR) is 103 cm³/mol. The van der Waals surface area contributed by atoms with E-state index in [1.165, 1.54) is 44.9 Å². The Morgan fingerprint density at radius 2 is 1.32 bits per heavy atom. The largest absolute Gasteiger partial charge is 0.0651 e. The molecule has 0 aromatic rings. The van der Waals surface area contributed by atoms with Gasteiger partial charge in [0.25, 0.3) is 0 Å². The zero-order valence-corrected chi connectivity index (χ0v) is 17.6. The zero-order chi connectivity index (χ0) is 17.6. The molecular weight excluding hydrogens is 264 g/mol. The van der Waals surface area contributed by atoms with Crippen molar-refractivity contribution in [2.75, 3.05) is 0 Å². The maximum absolute atomic E-state index is 2.54. The van der Waals surface area contributed by atoms with E-state index in [9.17, 15) is 0 Å². The average Bonchev–Trinajstić information content (AvgIpc) is 2.40. The minimum absolute atomic E-state index is 0.412. The fraction of sp³-hybridized carbons (Fsp3) is 1.00. The molecule has 0 aliphatic heterocycles. The third-order valence-corrected chi connectivity index (χ3v) is 6.22. The molecule has 1 atom stereocenters. The minimum atomic E-state index is 0.412. The van der Waals surface area contributed by atoms with Crippen molar-refractivity contribution in [2.45, 2.75) is 114 Å². The summed E-state index contributed by atoms with van der Waals surface area (Å²) in [6.45, 7) is 24.4. The Bertz CT molecular complexity index is 288. The van der Waals surface area contributed by atoms with Crippen LogP contribution in [0, 0.1) is 28.1 Å². The lowest BCUT2D eigenvalue weighted by Crippen LogP contribution is -2.42. The van der Waals surface area contributed by atoms with Gasteiger partial charge >= 0.3 is 0 Å². The standard InChI is InChI=1S/C22H46/c1-11-19(12-2)16-22(15-14-18(4)5,17-20(6,7)8)21(9,10)13-3/h18-19H,11-17H2,1-10H3. The van der Waals surface area contributed by atoms with E-state index in [0.29, 0.717) is 16.2 Å². The summed E-state index contributed by atoms with van der Waals surface area (Å²) < 4.78 is 0. The van der Waals surface area contributed by atoms with E-state index in [0.717, 1.165) is 11.8 Å². The Hall–Kier alpha value is 0. The van der Waals surface area contributed by atoms with Crippen LogP contribution >= 0.6 is 0 Å². The van der Waals surface area contributed by atoms with E-state index >= 15 is 0 Å². The molecule has 0 N–H and O–H groups in total. The third-order valence-electron chi connectivity index (χ3n) is 6.22. The molecule has 0 radical (unpaired) electrons. The number of hydrogen-bond acceptors (Lipinski definition) is 0. The van der Waals surface area contributed by atoms with Crippen LogP contribution in [0.5, 0.6) is 0 Å². The van der Waals surface area contributed by atoms with Gasteiger partial charge in [-0.05, 0) is 47.3 Å². The Kier molecular flexibility index (Phi) is 8.74. The zero-order valence-electron chi connectivity index (χ0n) is 17.6. The quantitative estimate of drug-likeness (QED) is 0.382. The predicted octanol–water partition coefficient (Wildman–Crippen LogP) is 8.11. The minimum Gasteiger partial charge on any atom is -0.0651 e. The third kappa shape index (κ3) is 6.63. The van der Waals surface area contributed by atoms with Gasteiger partial charge < -0.3 is 0 Å². The molecule has 0 heteroatoms. The summed E-state index contributed by atoms with van der Waals surface area (Å²) in [6, 6.07) is 0. The fourth-order valence-corrected chi connectivity index (χ4v) is 4.20. The smallest absolute Gasteiger partial charge is 0.0239 e. The van der Waals surface area contributed by atoms with Crippen LogP contribution in [0.3, 0.4) is 0 Å². The summed E-state index contributed by atoms with van der Waals surface area (Å²) in [7, 11) is 0. The van der Waals surface area contributed by atoms with Crippen LogP contribution in [0.1, 0.15) is 114 Å². The van der Waals surface area contributed by atoms with E-state index in [-0.39, 0.29) is 0 Å². The molecule has 0 bridgehead atoms. The first kappa shape index (κ1) is 22.0. The van der Waals surface area contributed by atoms with Gasteiger partial charge in [-0.25, -0.2) is 0 Å². The van der Waals surface area contributed by atoms with Crippen LogP contribution < -0.4 is 0 Å². The second kappa shape index (κ2) is 8.74. The van der Waals surface area contributed by atoms with Gasteiger partial charge in [0, 0.05) is 0 Å².